The lowest BCUT2D eigenvalue weighted by atomic mass is 10.1. The minimum Gasteiger partial charge on any atom is -0.370 e. The van der Waals surface area contributed by atoms with Crippen LogP contribution >= 0.6 is 0 Å². The highest BCUT2D eigenvalue weighted by Crippen LogP contribution is 2.48. The van der Waals surface area contributed by atoms with Gasteiger partial charge in [0.15, 0.2) is 0 Å². The van der Waals surface area contributed by atoms with Crippen molar-refractivity contribution >= 4 is 23.2 Å². The van der Waals surface area contributed by atoms with Crippen LogP contribution < -0.4 is 16.0 Å². The number of hydrogen-bond donors (Lipinski definition) is 2. The maximum absolute atomic E-state index is 13.1. The van der Waals surface area contributed by atoms with Crippen molar-refractivity contribution in [3.05, 3.63) is 59.4 Å². The fourth-order valence-corrected chi connectivity index (χ4v) is 3.81. The maximum atomic E-state index is 13.1. The third-order valence-corrected chi connectivity index (χ3v) is 5.41. The third kappa shape index (κ3) is 3.65. The first-order chi connectivity index (χ1) is 13.0. The second kappa shape index (κ2) is 7.02. The summed E-state index contributed by atoms with van der Waals surface area (Å²) >= 11 is 0. The smallest absolute Gasteiger partial charge is 0.248 e. The van der Waals surface area contributed by atoms with Crippen LogP contribution in [0.2, 0.25) is 0 Å². The van der Waals surface area contributed by atoms with E-state index in [4.69, 9.17) is 5.73 Å². The normalized spacial score (nSPS) is 21.1. The fourth-order valence-electron chi connectivity index (χ4n) is 3.81. The number of rotatable bonds is 5. The highest BCUT2D eigenvalue weighted by molar-refractivity contribution is 6.01. The van der Waals surface area contributed by atoms with Gasteiger partial charge in [0.05, 0.1) is 11.4 Å². The maximum Gasteiger partial charge on any atom is 0.248 e. The van der Waals surface area contributed by atoms with Gasteiger partial charge >= 0.3 is 0 Å². The van der Waals surface area contributed by atoms with Gasteiger partial charge < -0.3 is 16.0 Å². The number of halogens is 1. The van der Waals surface area contributed by atoms with E-state index < -0.39 is 5.91 Å². The van der Waals surface area contributed by atoms with E-state index in [2.05, 4.69) is 10.2 Å². The van der Waals surface area contributed by atoms with Crippen molar-refractivity contribution in [2.45, 2.75) is 25.2 Å². The van der Waals surface area contributed by atoms with E-state index in [1.165, 1.54) is 12.1 Å². The summed E-state index contributed by atoms with van der Waals surface area (Å²) in [6.45, 7) is 1.86. The van der Waals surface area contributed by atoms with E-state index in [9.17, 15) is 14.0 Å². The molecule has 2 amide bonds. The number of nitrogens with two attached hydrogens (primary N) is 1. The molecule has 2 atom stereocenters. The SMILES string of the molecule is NC(=O)c1ccc(N2CCCC2)c(NC(=O)[C@H]2C[C@@H]2c2ccc(F)cc2)c1. The van der Waals surface area contributed by atoms with Crippen LogP contribution in [-0.2, 0) is 4.79 Å². The van der Waals surface area contributed by atoms with Gasteiger partial charge in [-0.25, -0.2) is 4.39 Å². The minimum atomic E-state index is -0.519. The van der Waals surface area contributed by atoms with E-state index in [-0.39, 0.29) is 23.6 Å². The molecule has 1 aliphatic carbocycles. The molecule has 2 aliphatic rings. The van der Waals surface area contributed by atoms with Crippen LogP contribution in [0.3, 0.4) is 0 Å². The lowest BCUT2D eigenvalue weighted by molar-refractivity contribution is -0.117. The largest absolute Gasteiger partial charge is 0.370 e. The number of carbonyl (C=O) groups excluding carboxylic acids is 2. The number of nitrogens with zero attached hydrogens (tertiary/aromatic N) is 1. The molecule has 5 nitrogen and oxygen atoms in total. The topological polar surface area (TPSA) is 75.4 Å². The van der Waals surface area contributed by atoms with Gasteiger partial charge in [0.25, 0.3) is 0 Å². The molecule has 2 aromatic carbocycles. The number of hydrogen-bond acceptors (Lipinski definition) is 3. The number of nitrogens with one attached hydrogen (secondary N) is 1. The van der Waals surface area contributed by atoms with Crippen LogP contribution in [0, 0.1) is 11.7 Å². The molecule has 1 saturated heterocycles. The van der Waals surface area contributed by atoms with Gasteiger partial charge in [-0.05, 0) is 61.1 Å². The molecule has 2 fully saturated rings. The highest BCUT2D eigenvalue weighted by atomic mass is 19.1. The average Bonchev–Trinajstić information content (AvgIpc) is 3.27. The summed E-state index contributed by atoms with van der Waals surface area (Å²) < 4.78 is 13.1. The minimum absolute atomic E-state index is 0.0774. The summed E-state index contributed by atoms with van der Waals surface area (Å²) in [5, 5.41) is 2.99. The molecule has 0 spiro atoms. The van der Waals surface area contributed by atoms with Crippen LogP contribution in [0.1, 0.15) is 41.1 Å². The van der Waals surface area contributed by atoms with Crippen LogP contribution in [0.4, 0.5) is 15.8 Å². The number of amides is 2. The molecule has 3 N–H and O–H groups in total. The van der Waals surface area contributed by atoms with Crippen molar-refractivity contribution in [1.29, 1.82) is 0 Å². The van der Waals surface area contributed by atoms with Gasteiger partial charge in [0, 0.05) is 24.6 Å². The van der Waals surface area contributed by atoms with Crippen molar-refractivity contribution in [2.24, 2.45) is 11.7 Å². The van der Waals surface area contributed by atoms with Crippen molar-refractivity contribution in [3.8, 4) is 0 Å². The summed E-state index contributed by atoms with van der Waals surface area (Å²) in [4.78, 5) is 26.5. The molecule has 140 valence electrons. The second-order valence-electron chi connectivity index (χ2n) is 7.28. The van der Waals surface area contributed by atoms with Crippen LogP contribution in [0.5, 0.6) is 0 Å². The lowest BCUT2D eigenvalue weighted by Gasteiger charge is -2.22. The molecular formula is C21H22FN3O2. The van der Waals surface area contributed by atoms with E-state index in [1.54, 1.807) is 24.3 Å². The summed E-state index contributed by atoms with van der Waals surface area (Å²) in [7, 11) is 0. The Morgan fingerprint density at radius 3 is 2.44 bits per heavy atom. The molecule has 1 aliphatic heterocycles. The summed E-state index contributed by atoms with van der Waals surface area (Å²) in [6.07, 6.45) is 2.96. The predicted molar refractivity (Wildman–Crippen MR) is 102 cm³/mol. The zero-order valence-electron chi connectivity index (χ0n) is 15.0. The quantitative estimate of drug-likeness (QED) is 0.852. The first-order valence-corrected chi connectivity index (χ1v) is 9.28. The first kappa shape index (κ1) is 17.5. The molecule has 27 heavy (non-hydrogen) atoms. The molecule has 2 aromatic rings. The molecule has 1 saturated carbocycles. The second-order valence-corrected chi connectivity index (χ2v) is 7.28. The summed E-state index contributed by atoms with van der Waals surface area (Å²) in [5.74, 6) is -0.904. The van der Waals surface area contributed by atoms with Gasteiger partial charge in [-0.1, -0.05) is 12.1 Å². The van der Waals surface area contributed by atoms with Gasteiger partial charge in [-0.2, -0.15) is 0 Å². The predicted octanol–water partition coefficient (Wildman–Crippen LogP) is 3.27. The summed E-state index contributed by atoms with van der Waals surface area (Å²) in [6, 6.07) is 11.5. The van der Waals surface area contributed by atoms with E-state index in [1.807, 2.05) is 6.07 Å². The van der Waals surface area contributed by atoms with Gasteiger partial charge in [-0.15, -0.1) is 0 Å². The lowest BCUT2D eigenvalue weighted by Crippen LogP contribution is -2.23. The molecule has 0 unspecified atom stereocenters. The molecule has 6 heteroatoms. The van der Waals surface area contributed by atoms with Crippen LogP contribution in [0.25, 0.3) is 0 Å². The Hall–Kier alpha value is -2.89. The van der Waals surface area contributed by atoms with Crippen molar-refractivity contribution in [3.63, 3.8) is 0 Å². The Morgan fingerprint density at radius 2 is 1.78 bits per heavy atom. The first-order valence-electron chi connectivity index (χ1n) is 9.28. The standard InChI is InChI=1S/C21H22FN3O2/c22-15-6-3-13(4-7-15)16-12-17(16)21(27)24-18-11-14(20(23)26)5-8-19(18)25-9-1-2-10-25/h3-8,11,16-17H,1-2,9-10,12H2,(H2,23,26)(H,24,27)/t16-,17+/m1/s1. The Kier molecular flexibility index (Phi) is 4.56. The van der Waals surface area contributed by atoms with Gasteiger partial charge in [0.1, 0.15) is 5.82 Å². The molecule has 0 bridgehead atoms. The zero-order valence-corrected chi connectivity index (χ0v) is 15.0. The number of primary amides is 1. The molecule has 4 rings (SSSR count). The Bertz CT molecular complexity index is 875. The van der Waals surface area contributed by atoms with Gasteiger partial charge in [0.2, 0.25) is 11.8 Å². The van der Waals surface area contributed by atoms with Crippen molar-refractivity contribution in [2.75, 3.05) is 23.3 Å². The third-order valence-electron chi connectivity index (χ3n) is 5.41. The Balaban J connectivity index is 1.52. The molecule has 0 aromatic heterocycles. The average molecular weight is 367 g/mol. The monoisotopic (exact) mass is 367 g/mol. The van der Waals surface area contributed by atoms with Crippen LogP contribution in [-0.4, -0.2) is 24.9 Å². The molecule has 0 radical (unpaired) electrons. The van der Waals surface area contributed by atoms with E-state index >= 15 is 0 Å². The van der Waals surface area contributed by atoms with E-state index in [0.717, 1.165) is 43.6 Å². The van der Waals surface area contributed by atoms with Gasteiger partial charge in [-0.3, -0.25) is 9.59 Å². The van der Waals surface area contributed by atoms with Crippen molar-refractivity contribution < 1.29 is 14.0 Å². The highest BCUT2D eigenvalue weighted by Gasteiger charge is 2.44. The Labute approximate surface area is 157 Å². The van der Waals surface area contributed by atoms with E-state index in [0.29, 0.717) is 11.3 Å². The molecule has 1 heterocycles. The number of benzene rings is 2. The summed E-state index contributed by atoms with van der Waals surface area (Å²) in [5.41, 5.74) is 8.30. The number of carbonyl (C=O) groups is 2. The zero-order chi connectivity index (χ0) is 19.0. The molecular weight excluding hydrogens is 345 g/mol. The number of anilines is 2. The Morgan fingerprint density at radius 1 is 1.07 bits per heavy atom. The van der Waals surface area contributed by atoms with Crippen LogP contribution in [0.15, 0.2) is 42.5 Å². The fraction of sp³-hybridized carbons (Fsp3) is 0.333. The van der Waals surface area contributed by atoms with Crippen molar-refractivity contribution in [1.82, 2.24) is 0 Å².